The molecule has 0 bridgehead atoms. The molecule has 1 aromatic rings. The first-order valence-electron chi connectivity index (χ1n) is 9.43. The molecule has 0 aliphatic heterocycles. The minimum absolute atomic E-state index is 0.130. The van der Waals surface area contributed by atoms with Gasteiger partial charge in [0.15, 0.2) is 5.78 Å². The van der Waals surface area contributed by atoms with Crippen LogP contribution in [0.3, 0.4) is 0 Å². The fourth-order valence-corrected chi connectivity index (χ4v) is 3.86. The van der Waals surface area contributed by atoms with Crippen molar-refractivity contribution < 1.29 is 29.0 Å². The van der Waals surface area contributed by atoms with E-state index in [0.29, 0.717) is 5.56 Å². The van der Waals surface area contributed by atoms with Crippen LogP contribution in [0.1, 0.15) is 51.2 Å². The smallest absolute Gasteiger partial charge is 0.317 e. The van der Waals surface area contributed by atoms with Gasteiger partial charge in [-0.25, -0.2) is 0 Å². The predicted octanol–water partition coefficient (Wildman–Crippen LogP) is 2.42. The molecule has 1 aliphatic rings. The maximum atomic E-state index is 12.7. The molecule has 1 aromatic carbocycles. The van der Waals surface area contributed by atoms with Gasteiger partial charge in [0, 0.05) is 12.3 Å². The molecule has 0 radical (unpaired) electrons. The summed E-state index contributed by atoms with van der Waals surface area (Å²) in [6, 6.07) is 7.40. The van der Waals surface area contributed by atoms with Crippen LogP contribution in [0.4, 0.5) is 0 Å². The highest BCUT2D eigenvalue weighted by atomic mass is 16.5. The van der Waals surface area contributed by atoms with E-state index in [1.165, 1.54) is 6.92 Å². The fraction of sp³-hybridized carbons (Fsp3) is 0.571. The minimum atomic E-state index is -1.61. The van der Waals surface area contributed by atoms with Crippen LogP contribution in [-0.4, -0.2) is 41.6 Å². The van der Waals surface area contributed by atoms with Crippen molar-refractivity contribution in [1.82, 2.24) is 0 Å². The number of carbonyl (C=O) groups is 3. The third-order valence-electron chi connectivity index (χ3n) is 5.12. The number of aliphatic hydroxyl groups is 1. The van der Waals surface area contributed by atoms with E-state index >= 15 is 0 Å². The highest BCUT2D eigenvalue weighted by Crippen LogP contribution is 2.46. The predicted molar refractivity (Wildman–Crippen MR) is 99.1 cm³/mol. The first-order valence-corrected chi connectivity index (χ1v) is 9.43. The summed E-state index contributed by atoms with van der Waals surface area (Å²) in [5, 5.41) is 10.9. The van der Waals surface area contributed by atoms with Crippen molar-refractivity contribution in [1.29, 1.82) is 0 Å². The molecule has 27 heavy (non-hydrogen) atoms. The molecule has 1 N–H and O–H groups in total. The molecule has 0 aromatic heterocycles. The summed E-state index contributed by atoms with van der Waals surface area (Å²) in [5.74, 6) is -4.75. The van der Waals surface area contributed by atoms with Crippen molar-refractivity contribution in [2.24, 2.45) is 11.8 Å². The number of aryl methyl sites for hydroxylation is 1. The Morgan fingerprint density at radius 3 is 2.15 bits per heavy atom. The van der Waals surface area contributed by atoms with Crippen LogP contribution in [0.15, 0.2) is 24.3 Å². The summed E-state index contributed by atoms with van der Waals surface area (Å²) >= 11 is 0. The second kappa shape index (κ2) is 8.65. The zero-order chi connectivity index (χ0) is 20.2. The van der Waals surface area contributed by atoms with Crippen LogP contribution in [0.2, 0.25) is 0 Å². The second-order valence-electron chi connectivity index (χ2n) is 7.08. The van der Waals surface area contributed by atoms with Gasteiger partial charge in [-0.05, 0) is 38.3 Å². The molecule has 0 amide bonds. The summed E-state index contributed by atoms with van der Waals surface area (Å²) in [6.45, 7) is 7.08. The number of hydrogen-bond acceptors (Lipinski definition) is 6. The topological polar surface area (TPSA) is 89.9 Å². The number of ketones is 1. The van der Waals surface area contributed by atoms with Crippen LogP contribution < -0.4 is 0 Å². The molecule has 0 spiro atoms. The second-order valence-corrected chi connectivity index (χ2v) is 7.08. The van der Waals surface area contributed by atoms with Crippen LogP contribution in [0, 0.1) is 11.8 Å². The average molecular weight is 376 g/mol. The molecule has 6 heteroatoms. The Labute approximate surface area is 159 Å². The number of rotatable bonds is 6. The van der Waals surface area contributed by atoms with E-state index in [4.69, 9.17) is 9.47 Å². The number of hydrogen-bond donors (Lipinski definition) is 1. The molecule has 1 fully saturated rings. The lowest BCUT2D eigenvalue weighted by Gasteiger charge is -2.43. The number of esters is 2. The highest BCUT2D eigenvalue weighted by molar-refractivity contribution is 6.02. The molecule has 2 rings (SSSR count). The van der Waals surface area contributed by atoms with Crippen molar-refractivity contribution in [3.8, 4) is 0 Å². The van der Waals surface area contributed by atoms with Crippen molar-refractivity contribution in [3.05, 3.63) is 35.4 Å². The van der Waals surface area contributed by atoms with Gasteiger partial charge >= 0.3 is 11.9 Å². The fourth-order valence-electron chi connectivity index (χ4n) is 3.86. The lowest BCUT2D eigenvalue weighted by Crippen LogP contribution is -2.55. The van der Waals surface area contributed by atoms with Gasteiger partial charge in [0.2, 0.25) is 0 Å². The largest absolute Gasteiger partial charge is 0.466 e. The minimum Gasteiger partial charge on any atom is -0.466 e. The Morgan fingerprint density at radius 1 is 1.07 bits per heavy atom. The van der Waals surface area contributed by atoms with Crippen molar-refractivity contribution in [3.63, 3.8) is 0 Å². The summed E-state index contributed by atoms with van der Waals surface area (Å²) < 4.78 is 10.3. The van der Waals surface area contributed by atoms with Crippen molar-refractivity contribution >= 4 is 17.7 Å². The maximum Gasteiger partial charge on any atom is 0.317 e. The van der Waals surface area contributed by atoms with Gasteiger partial charge in [0.1, 0.15) is 5.92 Å². The molecule has 1 aliphatic carbocycles. The van der Waals surface area contributed by atoms with E-state index in [-0.39, 0.29) is 19.6 Å². The monoisotopic (exact) mass is 376 g/mol. The normalized spacial score (nSPS) is 27.9. The third kappa shape index (κ3) is 4.38. The summed E-state index contributed by atoms with van der Waals surface area (Å²) in [7, 11) is 0. The van der Waals surface area contributed by atoms with E-state index in [1.807, 2.05) is 19.1 Å². The van der Waals surface area contributed by atoms with Gasteiger partial charge in [-0.1, -0.05) is 31.2 Å². The van der Waals surface area contributed by atoms with Gasteiger partial charge in [-0.2, -0.15) is 0 Å². The molecular formula is C21H28O6. The molecule has 1 saturated carbocycles. The van der Waals surface area contributed by atoms with Crippen molar-refractivity contribution in [2.75, 3.05) is 13.2 Å². The molecule has 0 heterocycles. The summed E-state index contributed by atoms with van der Waals surface area (Å²) in [5.41, 5.74) is 0.116. The summed E-state index contributed by atoms with van der Waals surface area (Å²) in [6.07, 6.45) is 0.535. The van der Waals surface area contributed by atoms with E-state index in [2.05, 4.69) is 0 Å². The van der Waals surface area contributed by atoms with Crippen LogP contribution in [0.5, 0.6) is 0 Å². The first kappa shape index (κ1) is 21.1. The van der Waals surface area contributed by atoms with Crippen LogP contribution >= 0.6 is 0 Å². The van der Waals surface area contributed by atoms with E-state index in [0.717, 1.165) is 12.0 Å². The summed E-state index contributed by atoms with van der Waals surface area (Å²) in [4.78, 5) is 38.0. The maximum absolute atomic E-state index is 12.7. The van der Waals surface area contributed by atoms with Gasteiger partial charge in [0.05, 0.1) is 24.7 Å². The Kier molecular flexibility index (Phi) is 6.76. The van der Waals surface area contributed by atoms with Crippen molar-refractivity contribution in [2.45, 2.75) is 52.1 Å². The molecule has 0 saturated heterocycles. The molecular weight excluding hydrogens is 348 g/mol. The molecule has 6 nitrogen and oxygen atoms in total. The Morgan fingerprint density at radius 2 is 1.63 bits per heavy atom. The number of carbonyl (C=O) groups excluding carboxylic acids is 3. The Bertz CT molecular complexity index is 691. The lowest BCUT2D eigenvalue weighted by molar-refractivity contribution is -0.172. The van der Waals surface area contributed by atoms with E-state index in [1.54, 1.807) is 26.0 Å². The standard InChI is InChI=1S/C21H28O6/c1-5-13-8-10-14(11-9-13)16-17(19(23)26-6-2)15(22)12-21(4,25)18(16)20(24)27-7-3/h8-11,16-18,25H,5-7,12H2,1-4H3/t16-,17+,18+,21-/m1/s1. The van der Waals surface area contributed by atoms with Gasteiger partial charge in [-0.3, -0.25) is 14.4 Å². The SMILES string of the molecule is CCOC(=O)[C@H]1C(=O)C[C@@](C)(O)[C@H](C(=O)OCC)[C@@H]1c1ccc(CC)cc1. The highest BCUT2D eigenvalue weighted by Gasteiger charge is 2.57. The zero-order valence-electron chi connectivity index (χ0n) is 16.4. The zero-order valence-corrected chi connectivity index (χ0v) is 16.4. The molecule has 4 atom stereocenters. The van der Waals surface area contributed by atoms with Gasteiger partial charge in [0.25, 0.3) is 0 Å². The number of benzene rings is 1. The van der Waals surface area contributed by atoms with Gasteiger partial charge < -0.3 is 14.6 Å². The molecule has 148 valence electrons. The Hall–Kier alpha value is -2.21. The Balaban J connectivity index is 2.59. The quantitative estimate of drug-likeness (QED) is 0.606. The van der Waals surface area contributed by atoms with E-state index < -0.39 is 41.1 Å². The lowest BCUT2D eigenvalue weighted by atomic mass is 9.61. The van der Waals surface area contributed by atoms with Crippen LogP contribution in [0.25, 0.3) is 0 Å². The van der Waals surface area contributed by atoms with E-state index in [9.17, 15) is 19.5 Å². The average Bonchev–Trinajstić information content (AvgIpc) is 2.60. The van der Waals surface area contributed by atoms with Crippen LogP contribution in [-0.2, 0) is 30.3 Å². The third-order valence-corrected chi connectivity index (χ3v) is 5.12. The molecule has 0 unspecified atom stereocenters. The first-order chi connectivity index (χ1) is 12.8. The number of Topliss-reactive ketones (excluding diaryl/α,β-unsaturated/α-hetero) is 1. The van der Waals surface area contributed by atoms with Gasteiger partial charge in [-0.15, -0.1) is 0 Å². The number of ether oxygens (including phenoxy) is 2.